The van der Waals surface area contributed by atoms with E-state index in [9.17, 15) is 5.11 Å². The summed E-state index contributed by atoms with van der Waals surface area (Å²) in [6.07, 6.45) is 4.32. The topological polar surface area (TPSA) is 29.5 Å². The number of aliphatic hydroxyl groups is 1. The Hall–Kier alpha value is -1.02. The van der Waals surface area contributed by atoms with Crippen LogP contribution in [-0.2, 0) is 0 Å². The van der Waals surface area contributed by atoms with Gasteiger partial charge in [-0.05, 0) is 49.7 Å². The van der Waals surface area contributed by atoms with Crippen LogP contribution in [-0.4, -0.2) is 12.2 Å². The van der Waals surface area contributed by atoms with E-state index >= 15 is 0 Å². The van der Waals surface area contributed by atoms with Crippen molar-refractivity contribution in [2.24, 2.45) is 11.8 Å². The van der Waals surface area contributed by atoms with E-state index in [2.05, 4.69) is 26.8 Å². The second-order valence-corrected chi connectivity index (χ2v) is 6.09. The Bertz CT molecular complexity index is 431. The molecule has 19 heavy (non-hydrogen) atoms. The van der Waals surface area contributed by atoms with Crippen LogP contribution in [0.25, 0.3) is 0 Å². The summed E-state index contributed by atoms with van der Waals surface area (Å²) >= 11 is 0. The molecule has 1 aliphatic rings. The Balaban J connectivity index is 2.23. The molecule has 1 aromatic rings. The highest BCUT2D eigenvalue weighted by molar-refractivity contribution is 5.46. The van der Waals surface area contributed by atoms with Crippen molar-refractivity contribution in [3.05, 3.63) is 28.8 Å². The maximum absolute atomic E-state index is 10.7. The Morgan fingerprint density at radius 2 is 1.79 bits per heavy atom. The van der Waals surface area contributed by atoms with E-state index < -0.39 is 0 Å². The largest absolute Gasteiger partial charge is 0.496 e. The normalized spacial score (nSPS) is 25.1. The van der Waals surface area contributed by atoms with Gasteiger partial charge in [0.25, 0.3) is 0 Å². The molecule has 0 amide bonds. The van der Waals surface area contributed by atoms with E-state index in [1.54, 1.807) is 7.11 Å². The third-order valence-corrected chi connectivity index (χ3v) is 4.74. The van der Waals surface area contributed by atoms with Gasteiger partial charge in [-0.1, -0.05) is 31.9 Å². The summed E-state index contributed by atoms with van der Waals surface area (Å²) in [5.74, 6) is 2.06. The molecular weight excluding hydrogens is 236 g/mol. The van der Waals surface area contributed by atoms with Crippen molar-refractivity contribution < 1.29 is 9.84 Å². The Morgan fingerprint density at radius 3 is 2.37 bits per heavy atom. The van der Waals surface area contributed by atoms with Crippen LogP contribution < -0.4 is 4.74 Å². The average Bonchev–Trinajstić information content (AvgIpc) is 2.41. The second kappa shape index (κ2) is 5.96. The Labute approximate surface area is 116 Å². The third-order valence-electron chi connectivity index (χ3n) is 4.74. The van der Waals surface area contributed by atoms with Crippen LogP contribution in [0.3, 0.4) is 0 Å². The van der Waals surface area contributed by atoms with Crippen molar-refractivity contribution >= 4 is 0 Å². The highest BCUT2D eigenvalue weighted by Gasteiger charge is 2.28. The fourth-order valence-electron chi connectivity index (χ4n) is 3.17. The second-order valence-electron chi connectivity index (χ2n) is 6.09. The minimum atomic E-state index is -0.387. The van der Waals surface area contributed by atoms with E-state index in [1.165, 1.54) is 18.4 Å². The van der Waals surface area contributed by atoms with Crippen molar-refractivity contribution in [1.29, 1.82) is 0 Å². The van der Waals surface area contributed by atoms with Gasteiger partial charge in [0.2, 0.25) is 0 Å². The minimum Gasteiger partial charge on any atom is -0.496 e. The molecule has 2 rings (SSSR count). The van der Waals surface area contributed by atoms with Gasteiger partial charge in [0.1, 0.15) is 5.75 Å². The molecule has 1 unspecified atom stereocenters. The predicted octanol–water partition coefficient (Wildman–Crippen LogP) is 4.17. The van der Waals surface area contributed by atoms with Crippen LogP contribution in [0.4, 0.5) is 0 Å². The zero-order chi connectivity index (χ0) is 14.0. The number of ether oxygens (including phenoxy) is 1. The summed E-state index contributed by atoms with van der Waals surface area (Å²) in [4.78, 5) is 0. The van der Waals surface area contributed by atoms with Gasteiger partial charge in [-0.2, -0.15) is 0 Å². The molecule has 2 heteroatoms. The van der Waals surface area contributed by atoms with E-state index in [4.69, 9.17) is 4.74 Å². The number of benzene rings is 1. The first kappa shape index (κ1) is 14.4. The SMILES string of the molecule is COc1c(C(O)C2CCC(C)CC2)ccc(C)c1C. The molecule has 1 aromatic carbocycles. The lowest BCUT2D eigenvalue weighted by Gasteiger charge is -2.31. The number of aryl methyl sites for hydroxylation is 1. The fraction of sp³-hybridized carbons (Fsp3) is 0.647. The van der Waals surface area contributed by atoms with Gasteiger partial charge in [-0.3, -0.25) is 0 Å². The maximum atomic E-state index is 10.7. The molecule has 1 N–H and O–H groups in total. The average molecular weight is 262 g/mol. The molecule has 1 atom stereocenters. The molecule has 0 radical (unpaired) electrons. The third kappa shape index (κ3) is 2.94. The molecule has 0 aromatic heterocycles. The molecule has 0 heterocycles. The summed E-state index contributed by atoms with van der Waals surface area (Å²) in [6, 6.07) is 4.12. The highest BCUT2D eigenvalue weighted by Crippen LogP contribution is 2.40. The first-order chi connectivity index (χ1) is 9.04. The smallest absolute Gasteiger partial charge is 0.127 e. The van der Waals surface area contributed by atoms with Crippen LogP contribution in [0.1, 0.15) is 55.4 Å². The van der Waals surface area contributed by atoms with Gasteiger partial charge < -0.3 is 9.84 Å². The number of hydrogen-bond acceptors (Lipinski definition) is 2. The molecular formula is C17H26O2. The van der Waals surface area contributed by atoms with Crippen LogP contribution in [0.2, 0.25) is 0 Å². The summed E-state index contributed by atoms with van der Waals surface area (Å²) in [7, 11) is 1.70. The summed E-state index contributed by atoms with van der Waals surface area (Å²) < 4.78 is 5.53. The van der Waals surface area contributed by atoms with Gasteiger partial charge in [0, 0.05) is 5.56 Å². The number of methoxy groups -OCH3 is 1. The Kier molecular flexibility index (Phi) is 4.51. The molecule has 0 saturated heterocycles. The lowest BCUT2D eigenvalue weighted by molar-refractivity contribution is 0.0733. The van der Waals surface area contributed by atoms with Gasteiger partial charge in [-0.25, -0.2) is 0 Å². The monoisotopic (exact) mass is 262 g/mol. The molecule has 0 aliphatic heterocycles. The number of rotatable bonds is 3. The molecule has 1 fully saturated rings. The number of hydrogen-bond donors (Lipinski definition) is 1. The summed E-state index contributed by atoms with van der Waals surface area (Å²) in [5.41, 5.74) is 3.32. The van der Waals surface area contributed by atoms with Crippen molar-refractivity contribution in [3.8, 4) is 5.75 Å². The van der Waals surface area contributed by atoms with Gasteiger partial charge >= 0.3 is 0 Å². The zero-order valence-electron chi connectivity index (χ0n) is 12.6. The predicted molar refractivity (Wildman–Crippen MR) is 78.5 cm³/mol. The summed E-state index contributed by atoms with van der Waals surface area (Å²) in [5, 5.41) is 10.7. The maximum Gasteiger partial charge on any atom is 0.127 e. The van der Waals surface area contributed by atoms with Crippen LogP contribution in [0, 0.1) is 25.7 Å². The first-order valence-electron chi connectivity index (χ1n) is 7.36. The zero-order valence-corrected chi connectivity index (χ0v) is 12.6. The fourth-order valence-corrected chi connectivity index (χ4v) is 3.17. The number of aliphatic hydroxyl groups excluding tert-OH is 1. The van der Waals surface area contributed by atoms with Crippen molar-refractivity contribution in [2.45, 2.75) is 52.6 Å². The van der Waals surface area contributed by atoms with Gasteiger partial charge in [0.05, 0.1) is 13.2 Å². The quantitative estimate of drug-likeness (QED) is 0.885. The molecule has 106 valence electrons. The van der Waals surface area contributed by atoms with Crippen LogP contribution >= 0.6 is 0 Å². The van der Waals surface area contributed by atoms with Crippen molar-refractivity contribution in [2.75, 3.05) is 7.11 Å². The molecule has 0 spiro atoms. The van der Waals surface area contributed by atoms with E-state index in [1.807, 2.05) is 6.07 Å². The van der Waals surface area contributed by atoms with E-state index in [-0.39, 0.29) is 6.10 Å². The standard InChI is InChI=1S/C17H26O2/c1-11-5-8-14(9-6-11)16(18)15-10-7-12(2)13(3)17(15)19-4/h7,10-11,14,16,18H,5-6,8-9H2,1-4H3. The van der Waals surface area contributed by atoms with Crippen molar-refractivity contribution in [1.82, 2.24) is 0 Å². The Morgan fingerprint density at radius 1 is 1.16 bits per heavy atom. The van der Waals surface area contributed by atoms with Crippen LogP contribution in [0.15, 0.2) is 12.1 Å². The lowest BCUT2D eigenvalue weighted by Crippen LogP contribution is -2.20. The molecule has 2 nitrogen and oxygen atoms in total. The van der Waals surface area contributed by atoms with Gasteiger partial charge in [-0.15, -0.1) is 0 Å². The first-order valence-corrected chi connectivity index (χ1v) is 7.36. The minimum absolute atomic E-state index is 0.382. The van der Waals surface area contributed by atoms with Gasteiger partial charge in [0.15, 0.2) is 0 Å². The van der Waals surface area contributed by atoms with Crippen LogP contribution in [0.5, 0.6) is 5.75 Å². The van der Waals surface area contributed by atoms with E-state index in [0.717, 1.165) is 35.6 Å². The van der Waals surface area contributed by atoms with E-state index in [0.29, 0.717) is 5.92 Å². The molecule has 0 bridgehead atoms. The molecule has 1 aliphatic carbocycles. The molecule has 1 saturated carbocycles. The van der Waals surface area contributed by atoms with Crippen molar-refractivity contribution in [3.63, 3.8) is 0 Å². The highest BCUT2D eigenvalue weighted by atomic mass is 16.5. The summed E-state index contributed by atoms with van der Waals surface area (Å²) in [6.45, 7) is 6.45. The lowest BCUT2D eigenvalue weighted by atomic mass is 9.78.